The predicted molar refractivity (Wildman–Crippen MR) is 115 cm³/mol. The molecule has 0 saturated carbocycles. The van der Waals surface area contributed by atoms with Gasteiger partial charge in [0.25, 0.3) is 5.91 Å². The average molecular weight is 444 g/mol. The second kappa shape index (κ2) is 8.66. The lowest BCUT2D eigenvalue weighted by Crippen LogP contribution is -2.54. The van der Waals surface area contributed by atoms with Crippen molar-refractivity contribution in [2.45, 2.75) is 19.1 Å². The Labute approximate surface area is 183 Å². The van der Waals surface area contributed by atoms with Crippen LogP contribution in [0.1, 0.15) is 23.0 Å². The molecule has 3 aromatic rings. The van der Waals surface area contributed by atoms with Crippen LogP contribution in [0.25, 0.3) is 10.9 Å². The Kier molecular flexibility index (Phi) is 5.92. The van der Waals surface area contributed by atoms with E-state index in [0.717, 1.165) is 23.0 Å². The van der Waals surface area contributed by atoms with E-state index in [2.05, 4.69) is 10.3 Å². The number of para-hydroxylation sites is 1. The van der Waals surface area contributed by atoms with Gasteiger partial charge < -0.3 is 15.2 Å². The lowest BCUT2D eigenvalue weighted by Gasteiger charge is -2.37. The Bertz CT molecular complexity index is 1080. The first-order valence-corrected chi connectivity index (χ1v) is 10.3. The van der Waals surface area contributed by atoms with Crippen LogP contribution in [-0.4, -0.2) is 58.8 Å². The largest absolute Gasteiger partial charge is 0.416 e. The molecule has 32 heavy (non-hydrogen) atoms. The van der Waals surface area contributed by atoms with Crippen molar-refractivity contribution in [1.29, 1.82) is 0 Å². The number of carbonyl (C=O) groups is 2. The molecule has 1 saturated heterocycles. The topological polar surface area (TPSA) is 68.4 Å². The van der Waals surface area contributed by atoms with Crippen LogP contribution in [0.5, 0.6) is 0 Å². The summed E-state index contributed by atoms with van der Waals surface area (Å²) < 4.78 is 38.0. The molecule has 2 aromatic carbocycles. The van der Waals surface area contributed by atoms with Crippen molar-refractivity contribution in [3.05, 3.63) is 65.9 Å². The standard InChI is InChI=1S/C23H23F3N4O2/c1-15(21(31)27-18-8-6-17(7-9-18)23(24,25)26)29-10-12-30(13-11-29)22(32)20-14-16-4-2-3-5-19(16)28-20/h2-9,14-15,28H,10-13H2,1H3,(H,27,31). The monoisotopic (exact) mass is 444 g/mol. The van der Waals surface area contributed by atoms with Crippen LogP contribution in [0.2, 0.25) is 0 Å². The van der Waals surface area contributed by atoms with Crippen LogP contribution in [0, 0.1) is 0 Å². The zero-order valence-corrected chi connectivity index (χ0v) is 17.4. The summed E-state index contributed by atoms with van der Waals surface area (Å²) in [5, 5.41) is 3.63. The first-order valence-electron chi connectivity index (χ1n) is 10.3. The highest BCUT2D eigenvalue weighted by Gasteiger charge is 2.31. The van der Waals surface area contributed by atoms with Crippen molar-refractivity contribution in [2.75, 3.05) is 31.5 Å². The maximum Gasteiger partial charge on any atom is 0.416 e. The van der Waals surface area contributed by atoms with Gasteiger partial charge in [-0.05, 0) is 43.3 Å². The molecule has 1 fully saturated rings. The third kappa shape index (κ3) is 4.62. The van der Waals surface area contributed by atoms with Gasteiger partial charge in [-0.2, -0.15) is 13.2 Å². The van der Waals surface area contributed by atoms with Crippen LogP contribution in [0.4, 0.5) is 18.9 Å². The van der Waals surface area contributed by atoms with Gasteiger partial charge in [-0.25, -0.2) is 0 Å². The maximum absolute atomic E-state index is 12.8. The molecule has 168 valence electrons. The first kappa shape index (κ1) is 21.9. The average Bonchev–Trinajstić information content (AvgIpc) is 3.22. The number of aromatic nitrogens is 1. The molecule has 0 bridgehead atoms. The quantitative estimate of drug-likeness (QED) is 0.640. The summed E-state index contributed by atoms with van der Waals surface area (Å²) in [5.41, 5.74) is 0.984. The molecule has 0 aliphatic carbocycles. The van der Waals surface area contributed by atoms with Gasteiger partial charge >= 0.3 is 6.18 Å². The number of alkyl halides is 3. The second-order valence-electron chi connectivity index (χ2n) is 7.84. The number of hydrogen-bond acceptors (Lipinski definition) is 3. The minimum Gasteiger partial charge on any atom is -0.351 e. The Morgan fingerprint density at radius 2 is 1.66 bits per heavy atom. The van der Waals surface area contributed by atoms with Gasteiger partial charge in [0.2, 0.25) is 5.91 Å². The van der Waals surface area contributed by atoms with E-state index in [1.165, 1.54) is 12.1 Å². The predicted octanol–water partition coefficient (Wildman–Crippen LogP) is 3.97. The molecular formula is C23H23F3N4O2. The third-order valence-electron chi connectivity index (χ3n) is 5.77. The summed E-state index contributed by atoms with van der Waals surface area (Å²) in [6, 6.07) is 13.4. The Balaban J connectivity index is 1.32. The zero-order valence-electron chi connectivity index (χ0n) is 17.4. The number of anilines is 1. The number of piperazine rings is 1. The molecule has 2 heterocycles. The van der Waals surface area contributed by atoms with Gasteiger partial charge in [0.15, 0.2) is 0 Å². The van der Waals surface area contributed by atoms with Crippen LogP contribution >= 0.6 is 0 Å². The minimum atomic E-state index is -4.42. The van der Waals surface area contributed by atoms with Gasteiger partial charge in [0.1, 0.15) is 5.69 Å². The molecule has 1 aliphatic heterocycles. The lowest BCUT2D eigenvalue weighted by molar-refractivity contribution is -0.137. The summed E-state index contributed by atoms with van der Waals surface area (Å²) in [7, 11) is 0. The normalized spacial score (nSPS) is 16.2. The van der Waals surface area contributed by atoms with Gasteiger partial charge in [-0.15, -0.1) is 0 Å². The first-order chi connectivity index (χ1) is 15.2. The molecule has 2 N–H and O–H groups in total. The van der Waals surface area contributed by atoms with Crippen LogP contribution in [0.15, 0.2) is 54.6 Å². The fourth-order valence-electron chi connectivity index (χ4n) is 3.83. The zero-order chi connectivity index (χ0) is 22.9. The molecule has 1 unspecified atom stereocenters. The maximum atomic E-state index is 12.8. The smallest absolute Gasteiger partial charge is 0.351 e. The molecular weight excluding hydrogens is 421 g/mol. The number of hydrogen-bond donors (Lipinski definition) is 2. The molecule has 2 amide bonds. The van der Waals surface area contributed by atoms with Crippen molar-refractivity contribution in [3.8, 4) is 0 Å². The van der Waals surface area contributed by atoms with Gasteiger partial charge in [-0.3, -0.25) is 14.5 Å². The van der Waals surface area contributed by atoms with Crippen molar-refractivity contribution >= 4 is 28.4 Å². The van der Waals surface area contributed by atoms with E-state index in [4.69, 9.17) is 0 Å². The Morgan fingerprint density at radius 3 is 2.28 bits per heavy atom. The SMILES string of the molecule is CC(C(=O)Nc1ccc(C(F)(F)F)cc1)N1CCN(C(=O)c2cc3ccccc3[nH]2)CC1. The van der Waals surface area contributed by atoms with Gasteiger partial charge in [0, 0.05) is 42.8 Å². The number of rotatable bonds is 4. The summed E-state index contributed by atoms with van der Waals surface area (Å²) in [4.78, 5) is 32.3. The lowest BCUT2D eigenvalue weighted by atomic mass is 10.1. The van der Waals surface area contributed by atoms with Crippen molar-refractivity contribution < 1.29 is 22.8 Å². The van der Waals surface area contributed by atoms with E-state index in [9.17, 15) is 22.8 Å². The van der Waals surface area contributed by atoms with Gasteiger partial charge in [-0.1, -0.05) is 18.2 Å². The number of amides is 2. The Hall–Kier alpha value is -3.33. The minimum absolute atomic E-state index is 0.0808. The second-order valence-corrected chi connectivity index (χ2v) is 7.84. The number of halogens is 3. The fourth-order valence-corrected chi connectivity index (χ4v) is 3.83. The van der Waals surface area contributed by atoms with Gasteiger partial charge in [0.05, 0.1) is 11.6 Å². The number of H-pyrrole nitrogens is 1. The molecule has 4 rings (SSSR count). The molecule has 0 spiro atoms. The van der Waals surface area contributed by atoms with Crippen LogP contribution in [-0.2, 0) is 11.0 Å². The van der Waals surface area contributed by atoms with Crippen molar-refractivity contribution in [3.63, 3.8) is 0 Å². The van der Waals surface area contributed by atoms with E-state index >= 15 is 0 Å². The van der Waals surface area contributed by atoms with Crippen molar-refractivity contribution in [2.24, 2.45) is 0 Å². The summed E-state index contributed by atoms with van der Waals surface area (Å²) >= 11 is 0. The number of nitrogens with zero attached hydrogens (tertiary/aromatic N) is 2. The molecule has 9 heteroatoms. The van der Waals surface area contributed by atoms with Crippen molar-refractivity contribution in [1.82, 2.24) is 14.8 Å². The molecule has 0 radical (unpaired) electrons. The van der Waals surface area contributed by atoms with Crippen LogP contribution in [0.3, 0.4) is 0 Å². The number of fused-ring (bicyclic) bond motifs is 1. The number of nitrogens with one attached hydrogen (secondary N) is 2. The summed E-state index contributed by atoms with van der Waals surface area (Å²) in [6.45, 7) is 3.74. The molecule has 6 nitrogen and oxygen atoms in total. The summed E-state index contributed by atoms with van der Waals surface area (Å²) in [6.07, 6.45) is -4.42. The van der Waals surface area contributed by atoms with E-state index in [-0.39, 0.29) is 11.8 Å². The van der Waals surface area contributed by atoms with Crippen LogP contribution < -0.4 is 5.32 Å². The number of benzene rings is 2. The highest BCUT2D eigenvalue weighted by atomic mass is 19.4. The Morgan fingerprint density at radius 1 is 1.00 bits per heavy atom. The van der Waals surface area contributed by atoms with E-state index in [1.54, 1.807) is 11.8 Å². The molecule has 1 aromatic heterocycles. The number of aromatic amines is 1. The fraction of sp³-hybridized carbons (Fsp3) is 0.304. The highest BCUT2D eigenvalue weighted by molar-refractivity contribution is 5.98. The van der Waals surface area contributed by atoms with E-state index in [0.29, 0.717) is 37.6 Å². The van der Waals surface area contributed by atoms with E-state index in [1.807, 2.05) is 35.2 Å². The summed E-state index contributed by atoms with van der Waals surface area (Å²) in [5.74, 6) is -0.386. The number of carbonyl (C=O) groups excluding carboxylic acids is 2. The third-order valence-corrected chi connectivity index (χ3v) is 5.77. The highest BCUT2D eigenvalue weighted by Crippen LogP contribution is 2.29. The van der Waals surface area contributed by atoms with E-state index < -0.39 is 17.8 Å². The molecule has 1 aliphatic rings. The molecule has 1 atom stereocenters.